The van der Waals surface area contributed by atoms with E-state index >= 15 is 9.59 Å². The van der Waals surface area contributed by atoms with Gasteiger partial charge in [0.25, 0.3) is 0 Å². The molecule has 3 aromatic carbocycles. The van der Waals surface area contributed by atoms with Crippen molar-refractivity contribution in [2.45, 2.75) is 235 Å². The number of nitrogens with two attached hydrogens (primary N) is 3. The van der Waals surface area contributed by atoms with Crippen LogP contribution in [0.2, 0.25) is 0 Å². The number of fused-ring (bicyclic) bond motifs is 1. The summed E-state index contributed by atoms with van der Waals surface area (Å²) in [7, 11) is 0. The van der Waals surface area contributed by atoms with Crippen LogP contribution < -0.4 is 81.0 Å². The highest BCUT2D eigenvalue weighted by molar-refractivity contribution is 7.80. The lowest BCUT2D eigenvalue weighted by Crippen LogP contribution is -2.61. The Bertz CT molecular complexity index is 4200. The number of H-pyrrole nitrogens is 2. The first-order valence-electron chi connectivity index (χ1n) is 43.7. The minimum Gasteiger partial charge on any atom is -0.480 e. The van der Waals surface area contributed by atoms with Crippen LogP contribution in [-0.2, 0) is 75.2 Å². The number of carboxylic acids is 1. The van der Waals surface area contributed by atoms with Crippen LogP contribution in [0.25, 0.3) is 10.9 Å². The van der Waals surface area contributed by atoms with Gasteiger partial charge in [-0.25, -0.2) is 4.98 Å². The lowest BCUT2D eigenvalue weighted by Gasteiger charge is -2.38. The van der Waals surface area contributed by atoms with E-state index in [1.54, 1.807) is 66.9 Å². The molecule has 125 heavy (non-hydrogen) atoms. The predicted octanol–water partition coefficient (Wildman–Crippen LogP) is 2.24. The Morgan fingerprint density at radius 1 is 0.552 bits per heavy atom. The summed E-state index contributed by atoms with van der Waals surface area (Å²) >= 11 is 4.46. The van der Waals surface area contributed by atoms with Crippen molar-refractivity contribution in [3.8, 4) is 0 Å². The Kier molecular flexibility index (Phi) is 46.5. The van der Waals surface area contributed by atoms with Gasteiger partial charge in [0, 0.05) is 93.5 Å². The fraction of sp³-hybridized carbons (Fsp3) is 0.563. The fourth-order valence-electron chi connectivity index (χ4n) is 14.9. The first-order chi connectivity index (χ1) is 60.2. The summed E-state index contributed by atoms with van der Waals surface area (Å²) in [5.41, 5.74) is 19.6. The summed E-state index contributed by atoms with van der Waals surface area (Å²) in [4.78, 5) is 194. The van der Waals surface area contributed by atoms with Crippen molar-refractivity contribution in [3.05, 3.63) is 126 Å². The number of thiol groups is 1. The highest BCUT2D eigenvalue weighted by Crippen LogP contribution is 2.32. The molecule has 6 rings (SSSR count). The van der Waals surface area contributed by atoms with E-state index in [1.165, 1.54) is 88.6 Å². The summed E-state index contributed by atoms with van der Waals surface area (Å²) in [5.74, 6) is -13.0. The zero-order valence-electron chi connectivity index (χ0n) is 72.0. The Morgan fingerprint density at radius 2 is 1.07 bits per heavy atom. The number of benzene rings is 3. The zero-order chi connectivity index (χ0) is 90.8. The lowest BCUT2D eigenvalue weighted by atomic mass is 9.83. The SMILES string of the molecule is CCCCCCCCCCCCCCCCNC(=O)CN(CC(N)=O)C(=O)CCCCCNC(=O)[C@H](Cc1c[nH]c2ccccc12)NC(=O)[C@H](CCCNC(=N)N)NC(=O)[C@H](CS)NC(=O)[C@H](CCCNC(=N)N)NC(=O)C1CCCN(C(=O)[C@@H](NC(=O)[C@H](Cc2c[nH]cn2)NC(=O)[C@@H](NC(=O)CNCC(=O)O)[C@@H](C)O)C(c2ccccc2)c2ccccc2)C1. The molecule has 38 heteroatoms. The number of carbonyl (C=O) groups excluding carboxylic acids is 12. The average Bonchev–Trinajstić information content (AvgIpc) is 0.889. The Hall–Kier alpha value is -11.7. The number of nitrogens with zero attached hydrogens (tertiary/aromatic N) is 3. The number of imidazole rings is 1. The normalized spacial score (nSPS) is 14.4. The number of aliphatic hydroxyl groups excluding tert-OH is 1. The van der Waals surface area contributed by atoms with Crippen LogP contribution in [0.4, 0.5) is 0 Å². The second-order valence-electron chi connectivity index (χ2n) is 31.7. The summed E-state index contributed by atoms with van der Waals surface area (Å²) in [6.07, 6.45) is 21.3. The van der Waals surface area contributed by atoms with E-state index in [9.17, 15) is 57.8 Å². The minimum absolute atomic E-state index is 0.00453. The van der Waals surface area contributed by atoms with Crippen LogP contribution in [0.5, 0.6) is 0 Å². The molecule has 1 saturated heterocycles. The number of aromatic amines is 2. The minimum atomic E-state index is -1.65. The molecule has 37 nitrogen and oxygen atoms in total. The molecular weight excluding hydrogens is 1630 g/mol. The highest BCUT2D eigenvalue weighted by atomic mass is 32.1. The monoisotopic (exact) mass is 1760 g/mol. The molecule has 1 aliphatic heterocycles. The van der Waals surface area contributed by atoms with Gasteiger partial charge in [0.2, 0.25) is 70.9 Å². The van der Waals surface area contributed by atoms with E-state index < -0.39 is 157 Å². The van der Waals surface area contributed by atoms with Crippen LogP contribution in [-0.4, -0.2) is 243 Å². The molecule has 1 fully saturated rings. The Labute approximate surface area is 736 Å². The molecule has 0 saturated carbocycles. The number of aliphatic carboxylic acids is 1. The van der Waals surface area contributed by atoms with Crippen molar-refractivity contribution in [3.63, 3.8) is 0 Å². The highest BCUT2D eigenvalue weighted by Gasteiger charge is 2.42. The summed E-state index contributed by atoms with van der Waals surface area (Å²) in [6, 6.07) is 14.9. The van der Waals surface area contributed by atoms with E-state index in [2.05, 4.69) is 98.3 Å². The van der Waals surface area contributed by atoms with Crippen molar-refractivity contribution in [2.75, 3.05) is 71.2 Å². The van der Waals surface area contributed by atoms with Gasteiger partial charge in [-0.3, -0.25) is 78.5 Å². The zero-order valence-corrected chi connectivity index (χ0v) is 72.9. The number of para-hydroxylation sites is 1. The van der Waals surface area contributed by atoms with Gasteiger partial charge >= 0.3 is 5.97 Å². The molecule has 0 bridgehead atoms. The fourth-order valence-corrected chi connectivity index (χ4v) is 15.2. The number of aliphatic hydroxyl groups is 1. The molecule has 0 aliphatic carbocycles. The van der Waals surface area contributed by atoms with E-state index in [0.717, 1.165) is 41.5 Å². The number of carbonyl (C=O) groups is 13. The van der Waals surface area contributed by atoms with Gasteiger partial charge in [0.05, 0.1) is 43.7 Å². The number of unbranched alkanes of at least 4 members (excludes halogenated alkanes) is 15. The third kappa shape index (κ3) is 38.1. The van der Waals surface area contributed by atoms with Crippen LogP contribution in [0, 0.1) is 16.7 Å². The van der Waals surface area contributed by atoms with E-state index in [1.807, 2.05) is 24.3 Å². The number of likely N-dealkylation sites (tertiary alicyclic amines) is 1. The molecule has 24 N–H and O–H groups in total. The number of guanidine groups is 2. The van der Waals surface area contributed by atoms with Crippen molar-refractivity contribution in [1.82, 2.24) is 88.6 Å². The number of carboxylic acid groups (broad SMARTS) is 1. The van der Waals surface area contributed by atoms with Gasteiger partial charge in [-0.15, -0.1) is 0 Å². The number of nitrogens with one attached hydrogen (secondary N) is 16. The first kappa shape index (κ1) is 102. The maximum Gasteiger partial charge on any atom is 0.317 e. The lowest BCUT2D eigenvalue weighted by molar-refractivity contribution is -0.141. The van der Waals surface area contributed by atoms with Gasteiger partial charge < -0.3 is 106 Å². The van der Waals surface area contributed by atoms with Crippen molar-refractivity contribution in [2.24, 2.45) is 23.1 Å². The second kappa shape index (κ2) is 57.0. The average molecular weight is 1760 g/mol. The molecule has 1 unspecified atom stereocenters. The number of aromatic nitrogens is 3. The number of piperidine rings is 1. The number of hydrogen-bond donors (Lipinski definition) is 22. The molecule has 686 valence electrons. The van der Waals surface area contributed by atoms with Gasteiger partial charge in [-0.2, -0.15) is 12.6 Å². The number of hydrogen-bond acceptors (Lipinski definition) is 19. The molecule has 9 atom stereocenters. The smallest absolute Gasteiger partial charge is 0.317 e. The molecule has 3 heterocycles. The number of rotatable bonds is 61. The van der Waals surface area contributed by atoms with Crippen molar-refractivity contribution in [1.29, 1.82) is 10.8 Å². The van der Waals surface area contributed by atoms with Gasteiger partial charge in [0.1, 0.15) is 48.8 Å². The van der Waals surface area contributed by atoms with Crippen LogP contribution in [0.1, 0.15) is 196 Å². The maximum atomic E-state index is 15.7. The number of primary amides is 1. The summed E-state index contributed by atoms with van der Waals surface area (Å²) < 4.78 is 0. The predicted molar refractivity (Wildman–Crippen MR) is 477 cm³/mol. The van der Waals surface area contributed by atoms with E-state index in [-0.39, 0.29) is 115 Å². The van der Waals surface area contributed by atoms with Crippen LogP contribution >= 0.6 is 12.6 Å². The molecule has 5 aromatic rings. The molecule has 0 spiro atoms. The standard InChI is InChI=1S/C87H132N22O15S/c1-3-4-5-6-7-8-9-10-11-12-13-14-15-26-41-95-72(113)54-109(53-70(88)111)73(114)40-23-18-27-42-96-79(118)67(46-61-48-99-64-37-25-24-36-63(61)64)103-80(119)66(39-29-44-98-87(91)92)102-83(122)69(55-125)105-81(120)65(38-28-43-97-86(89)90)101-78(117)60-35-30-45-108(52-60)85(124)77(75(58-31-19-16-20-32-58)59-33-21-17-22-34-59)107-82(121)68(47-62-49-94-56-100-62)104-84(123)76(57(2)110)106-71(112)50-93-51-74(115)116/h16-17,19-22,24-25,31-34,36-37,48-49,56-57,60,65-69,75-77,93,99,110,125H,3-15,18,23,26-30,35,38-47,50-55H2,1-2H3,(H2,88,111)(H,94,100)(H,95,113)(H,96,118)(H,101,117)(H,102,122)(H,103,119)(H,104,123)(H,105,120)(H,106,112)(H,107,121)(H,115,116)(H4,89,90,97)(H4,91,92,98)/t57-,60?,65+,66+,67+,68+,69+,76+,77+/m1/s1. The Morgan fingerprint density at radius 3 is 1.64 bits per heavy atom. The van der Waals surface area contributed by atoms with E-state index in [4.69, 9.17) is 33.1 Å². The molecule has 2 aromatic heterocycles. The van der Waals surface area contributed by atoms with E-state index in [0.29, 0.717) is 48.2 Å². The van der Waals surface area contributed by atoms with Gasteiger partial charge in [-0.1, -0.05) is 176 Å². The van der Waals surface area contributed by atoms with Crippen LogP contribution in [0.3, 0.4) is 0 Å². The van der Waals surface area contributed by atoms with Gasteiger partial charge in [-0.05, 0) is 87.5 Å². The third-order valence-corrected chi connectivity index (χ3v) is 22.0. The maximum absolute atomic E-state index is 15.7. The molecule has 0 radical (unpaired) electrons. The second-order valence-corrected chi connectivity index (χ2v) is 32.1. The largest absolute Gasteiger partial charge is 0.480 e. The molecule has 1 aliphatic rings. The van der Waals surface area contributed by atoms with Crippen molar-refractivity contribution >= 4 is 112 Å². The molecular formula is C87H132N22O15S. The van der Waals surface area contributed by atoms with Crippen molar-refractivity contribution < 1.29 is 72.5 Å². The summed E-state index contributed by atoms with van der Waals surface area (Å²) in [5, 5.41) is 68.7. The Balaban J connectivity index is 1.13. The quantitative estimate of drug-likeness (QED) is 0.0115. The topological polar surface area (TPSA) is 583 Å². The third-order valence-electron chi connectivity index (χ3n) is 21.6. The molecule has 12 amide bonds. The number of amides is 12. The van der Waals surface area contributed by atoms with Crippen LogP contribution in [0.15, 0.2) is 104 Å². The van der Waals surface area contributed by atoms with Gasteiger partial charge in [0.15, 0.2) is 11.9 Å². The summed E-state index contributed by atoms with van der Waals surface area (Å²) in [6.45, 7) is 2.16. The first-order valence-corrected chi connectivity index (χ1v) is 44.3.